The summed E-state index contributed by atoms with van der Waals surface area (Å²) in [6, 6.07) is 8.91. The molecule has 2 aromatic rings. The molecule has 1 fully saturated rings. The van der Waals surface area contributed by atoms with Gasteiger partial charge in [0.15, 0.2) is 6.61 Å². The van der Waals surface area contributed by atoms with E-state index in [1.807, 2.05) is 4.90 Å². The number of nitrogens with one attached hydrogen (secondary N) is 1. The van der Waals surface area contributed by atoms with Gasteiger partial charge >= 0.3 is 0 Å². The predicted octanol–water partition coefficient (Wildman–Crippen LogP) is 3.17. The van der Waals surface area contributed by atoms with Crippen LogP contribution >= 0.6 is 11.6 Å². The largest absolute Gasteiger partial charge is 0.484 e. The Morgan fingerprint density at radius 3 is 2.43 bits per heavy atom. The third kappa shape index (κ3) is 5.67. The molecule has 1 aliphatic rings. The van der Waals surface area contributed by atoms with Crippen LogP contribution in [0.2, 0.25) is 5.02 Å². The van der Waals surface area contributed by atoms with Gasteiger partial charge in [0.1, 0.15) is 17.4 Å². The minimum Gasteiger partial charge on any atom is -0.484 e. The molecule has 6 nitrogen and oxygen atoms in total. The lowest BCUT2D eigenvalue weighted by atomic mass is 10.2. The minimum absolute atomic E-state index is 0.0334. The van der Waals surface area contributed by atoms with Crippen LogP contribution in [-0.2, 0) is 9.59 Å². The summed E-state index contributed by atoms with van der Waals surface area (Å²) in [4.78, 5) is 28.4. The highest BCUT2D eigenvalue weighted by Crippen LogP contribution is 2.20. The predicted molar refractivity (Wildman–Crippen MR) is 110 cm³/mol. The van der Waals surface area contributed by atoms with Gasteiger partial charge in [-0.15, -0.1) is 0 Å². The molecule has 1 atom stereocenters. The quantitative estimate of drug-likeness (QED) is 0.754. The lowest BCUT2D eigenvalue weighted by molar-refractivity contribution is -0.135. The van der Waals surface area contributed by atoms with Crippen molar-refractivity contribution in [2.75, 3.05) is 38.1 Å². The second kappa shape index (κ2) is 9.86. The molecule has 0 radical (unpaired) electrons. The maximum Gasteiger partial charge on any atom is 0.260 e. The van der Waals surface area contributed by atoms with E-state index in [-0.39, 0.29) is 29.9 Å². The van der Waals surface area contributed by atoms with Gasteiger partial charge in [0, 0.05) is 31.2 Å². The van der Waals surface area contributed by atoms with E-state index in [0.717, 1.165) is 0 Å². The summed E-state index contributed by atoms with van der Waals surface area (Å²) in [6.07, 6.45) is 0. The molecule has 160 valence electrons. The van der Waals surface area contributed by atoms with Crippen LogP contribution in [0.25, 0.3) is 0 Å². The number of ether oxygens (including phenoxy) is 1. The Morgan fingerprint density at radius 2 is 1.77 bits per heavy atom. The van der Waals surface area contributed by atoms with Crippen LogP contribution in [-0.4, -0.2) is 60.4 Å². The van der Waals surface area contributed by atoms with Crippen molar-refractivity contribution < 1.29 is 23.1 Å². The van der Waals surface area contributed by atoms with Gasteiger partial charge < -0.3 is 15.0 Å². The lowest BCUT2D eigenvalue weighted by Crippen LogP contribution is -2.54. The molecule has 0 bridgehead atoms. The summed E-state index contributed by atoms with van der Waals surface area (Å²) in [5, 5.41) is 2.89. The monoisotopic (exact) mass is 437 g/mol. The molecule has 1 saturated heterocycles. The van der Waals surface area contributed by atoms with Crippen molar-refractivity contribution in [3.63, 3.8) is 0 Å². The summed E-state index contributed by atoms with van der Waals surface area (Å²) >= 11 is 5.85. The van der Waals surface area contributed by atoms with Crippen LogP contribution in [0.5, 0.6) is 5.75 Å². The number of hydrogen-bond acceptors (Lipinski definition) is 4. The number of carbonyl (C=O) groups is 2. The van der Waals surface area contributed by atoms with E-state index in [1.54, 1.807) is 11.8 Å². The van der Waals surface area contributed by atoms with Gasteiger partial charge in [-0.3, -0.25) is 14.5 Å². The fourth-order valence-corrected chi connectivity index (χ4v) is 3.29. The molecule has 1 heterocycles. The first-order valence-corrected chi connectivity index (χ1v) is 9.87. The molecule has 0 aromatic heterocycles. The van der Waals surface area contributed by atoms with Crippen molar-refractivity contribution in [1.82, 2.24) is 9.80 Å². The molecule has 0 spiro atoms. The highest BCUT2D eigenvalue weighted by Gasteiger charge is 2.28. The Morgan fingerprint density at radius 1 is 1.10 bits per heavy atom. The number of nitrogens with zero attached hydrogens (tertiary/aromatic N) is 2. The Labute approximate surface area is 178 Å². The van der Waals surface area contributed by atoms with Crippen LogP contribution < -0.4 is 10.1 Å². The van der Waals surface area contributed by atoms with E-state index < -0.39 is 11.9 Å². The zero-order valence-corrected chi connectivity index (χ0v) is 17.2. The van der Waals surface area contributed by atoms with Gasteiger partial charge in [-0.05, 0) is 49.4 Å². The molecular formula is C21H22ClF2N3O3. The number of benzene rings is 2. The minimum atomic E-state index is -0.559. The molecule has 1 unspecified atom stereocenters. The van der Waals surface area contributed by atoms with Crippen LogP contribution in [0.15, 0.2) is 42.5 Å². The molecule has 30 heavy (non-hydrogen) atoms. The summed E-state index contributed by atoms with van der Waals surface area (Å²) in [5.41, 5.74) is 0.0334. The Bertz CT molecular complexity index is 903. The van der Waals surface area contributed by atoms with E-state index in [4.69, 9.17) is 16.3 Å². The maximum absolute atomic E-state index is 13.8. The van der Waals surface area contributed by atoms with Gasteiger partial charge in [-0.25, -0.2) is 8.78 Å². The smallest absolute Gasteiger partial charge is 0.260 e. The van der Waals surface area contributed by atoms with Crippen LogP contribution in [0, 0.1) is 11.6 Å². The number of rotatable bonds is 6. The Hall–Kier alpha value is -2.71. The highest BCUT2D eigenvalue weighted by molar-refractivity contribution is 6.30. The SMILES string of the molecule is CC(C(=O)Nc1cc(Cl)ccc1F)N1CCN(C(=O)COc2ccc(F)cc2)CC1. The fourth-order valence-electron chi connectivity index (χ4n) is 3.12. The first-order chi connectivity index (χ1) is 14.3. The number of anilines is 1. The van der Waals surface area contributed by atoms with Crippen molar-refractivity contribution in [2.24, 2.45) is 0 Å². The normalized spacial score (nSPS) is 15.5. The standard InChI is InChI=1S/C21H22ClF2N3O3/c1-14(21(29)25-19-12-15(22)2-7-18(19)24)26-8-10-27(11-9-26)20(28)13-30-17-5-3-16(23)4-6-17/h2-7,12,14H,8-11,13H2,1H3,(H,25,29). The van der Waals surface area contributed by atoms with Gasteiger partial charge in [-0.2, -0.15) is 0 Å². The van der Waals surface area contributed by atoms with E-state index in [0.29, 0.717) is 37.0 Å². The molecule has 2 amide bonds. The number of halogens is 3. The van der Waals surface area contributed by atoms with E-state index >= 15 is 0 Å². The van der Waals surface area contributed by atoms with Gasteiger partial charge in [0.25, 0.3) is 5.91 Å². The number of carbonyl (C=O) groups excluding carboxylic acids is 2. The molecule has 1 N–H and O–H groups in total. The summed E-state index contributed by atoms with van der Waals surface area (Å²) in [5.74, 6) is -1.05. The molecule has 2 aromatic carbocycles. The summed E-state index contributed by atoms with van der Waals surface area (Å²) < 4.78 is 32.1. The highest BCUT2D eigenvalue weighted by atomic mass is 35.5. The van der Waals surface area contributed by atoms with Crippen molar-refractivity contribution in [2.45, 2.75) is 13.0 Å². The van der Waals surface area contributed by atoms with Crippen LogP contribution in [0.4, 0.5) is 14.5 Å². The van der Waals surface area contributed by atoms with E-state index in [1.165, 1.54) is 42.5 Å². The molecule has 3 rings (SSSR count). The van der Waals surface area contributed by atoms with Gasteiger partial charge in [0.05, 0.1) is 11.7 Å². The van der Waals surface area contributed by atoms with E-state index in [2.05, 4.69) is 5.32 Å². The van der Waals surface area contributed by atoms with Gasteiger partial charge in [-0.1, -0.05) is 11.6 Å². The second-order valence-electron chi connectivity index (χ2n) is 6.95. The van der Waals surface area contributed by atoms with E-state index in [9.17, 15) is 18.4 Å². The summed E-state index contributed by atoms with van der Waals surface area (Å²) in [6.45, 7) is 3.45. The number of hydrogen-bond donors (Lipinski definition) is 1. The number of amides is 2. The molecule has 9 heteroatoms. The zero-order valence-electron chi connectivity index (χ0n) is 16.4. The molecule has 1 aliphatic heterocycles. The molecular weight excluding hydrogens is 416 g/mol. The third-order valence-corrected chi connectivity index (χ3v) is 5.19. The van der Waals surface area contributed by atoms with Crippen molar-refractivity contribution >= 4 is 29.1 Å². The fraction of sp³-hybridized carbons (Fsp3) is 0.333. The average molecular weight is 438 g/mol. The van der Waals surface area contributed by atoms with Crippen molar-refractivity contribution in [3.8, 4) is 5.75 Å². The third-order valence-electron chi connectivity index (χ3n) is 4.96. The van der Waals surface area contributed by atoms with Crippen molar-refractivity contribution in [3.05, 3.63) is 59.1 Å². The Kier molecular flexibility index (Phi) is 7.23. The number of piperazine rings is 1. The van der Waals surface area contributed by atoms with Crippen LogP contribution in [0.3, 0.4) is 0 Å². The molecule has 0 aliphatic carbocycles. The first kappa shape index (κ1) is 22.0. The van der Waals surface area contributed by atoms with Crippen molar-refractivity contribution in [1.29, 1.82) is 0 Å². The van der Waals surface area contributed by atoms with Gasteiger partial charge in [0.2, 0.25) is 5.91 Å². The first-order valence-electron chi connectivity index (χ1n) is 9.49. The maximum atomic E-state index is 13.8. The second-order valence-corrected chi connectivity index (χ2v) is 7.39. The lowest BCUT2D eigenvalue weighted by Gasteiger charge is -2.37. The zero-order chi connectivity index (χ0) is 21.7. The Balaban J connectivity index is 1.46. The van der Waals surface area contributed by atoms with Crippen LogP contribution in [0.1, 0.15) is 6.92 Å². The average Bonchev–Trinajstić information content (AvgIpc) is 2.75. The summed E-state index contributed by atoms with van der Waals surface area (Å²) in [7, 11) is 0. The topological polar surface area (TPSA) is 61.9 Å². The molecule has 0 saturated carbocycles.